The van der Waals surface area contributed by atoms with Gasteiger partial charge >= 0.3 is 0 Å². The second-order valence-electron chi connectivity index (χ2n) is 3.38. The Hall–Kier alpha value is -0.790. The van der Waals surface area contributed by atoms with Crippen molar-refractivity contribution >= 4 is 5.91 Å². The Morgan fingerprint density at radius 3 is 2.67 bits per heavy atom. The van der Waals surface area contributed by atoms with E-state index < -0.39 is 0 Å². The monoisotopic (exact) mass is 169 g/mol. The molecular weight excluding hydrogens is 150 g/mol. The lowest BCUT2D eigenvalue weighted by Gasteiger charge is -2.04. The van der Waals surface area contributed by atoms with Crippen LogP contribution < -0.4 is 5.32 Å². The third kappa shape index (κ3) is 7.32. The van der Waals surface area contributed by atoms with E-state index in [2.05, 4.69) is 25.7 Å². The number of rotatable bonds is 6. The first-order valence-electron chi connectivity index (χ1n) is 4.57. The number of carbonyl (C=O) groups is 1. The van der Waals surface area contributed by atoms with E-state index in [4.69, 9.17) is 0 Å². The second kappa shape index (κ2) is 6.89. The molecule has 70 valence electrons. The lowest BCUT2D eigenvalue weighted by molar-refractivity contribution is -0.116. The first kappa shape index (κ1) is 11.2. The van der Waals surface area contributed by atoms with E-state index in [9.17, 15) is 4.79 Å². The van der Waals surface area contributed by atoms with Crippen LogP contribution in [0.3, 0.4) is 0 Å². The molecule has 0 aliphatic carbocycles. The highest BCUT2D eigenvalue weighted by molar-refractivity contribution is 5.86. The third-order valence-electron chi connectivity index (χ3n) is 1.69. The number of hydrogen-bond donors (Lipinski definition) is 1. The maximum atomic E-state index is 10.7. The van der Waals surface area contributed by atoms with Gasteiger partial charge < -0.3 is 5.32 Å². The molecule has 0 rings (SSSR count). The molecular formula is C10H19NO. The van der Waals surface area contributed by atoms with E-state index in [1.165, 1.54) is 18.9 Å². The molecule has 0 saturated heterocycles. The molecule has 0 unspecified atom stereocenters. The largest absolute Gasteiger partial charge is 0.353 e. The summed E-state index contributed by atoms with van der Waals surface area (Å²) >= 11 is 0. The summed E-state index contributed by atoms with van der Waals surface area (Å²) in [7, 11) is 0. The quantitative estimate of drug-likeness (QED) is 0.479. The standard InChI is InChI=1S/C10H19NO/c1-4-10(12)11-8-6-5-7-9(2)3/h4,9H,1,5-8H2,2-3H3,(H,11,12). The van der Waals surface area contributed by atoms with Crippen molar-refractivity contribution in [3.05, 3.63) is 12.7 Å². The molecule has 0 aromatic rings. The predicted molar refractivity (Wildman–Crippen MR) is 51.9 cm³/mol. The average molecular weight is 169 g/mol. The summed E-state index contributed by atoms with van der Waals surface area (Å²) in [6.45, 7) is 8.57. The minimum Gasteiger partial charge on any atom is -0.353 e. The zero-order valence-corrected chi connectivity index (χ0v) is 8.10. The topological polar surface area (TPSA) is 29.1 Å². The van der Waals surface area contributed by atoms with E-state index in [1.54, 1.807) is 0 Å². The van der Waals surface area contributed by atoms with Crippen molar-refractivity contribution in [2.24, 2.45) is 5.92 Å². The first-order valence-corrected chi connectivity index (χ1v) is 4.57. The maximum absolute atomic E-state index is 10.7. The van der Waals surface area contributed by atoms with Gasteiger partial charge in [-0.1, -0.05) is 33.3 Å². The van der Waals surface area contributed by atoms with Crippen LogP contribution in [-0.4, -0.2) is 12.5 Å². The van der Waals surface area contributed by atoms with Crippen LogP contribution in [0.15, 0.2) is 12.7 Å². The molecule has 0 spiro atoms. The van der Waals surface area contributed by atoms with Crippen molar-refractivity contribution < 1.29 is 4.79 Å². The SMILES string of the molecule is C=CC(=O)NCCCCC(C)C. The fraction of sp³-hybridized carbons (Fsp3) is 0.700. The summed E-state index contributed by atoms with van der Waals surface area (Å²) in [6, 6.07) is 0. The maximum Gasteiger partial charge on any atom is 0.243 e. The Morgan fingerprint density at radius 2 is 2.17 bits per heavy atom. The Kier molecular flexibility index (Phi) is 6.44. The van der Waals surface area contributed by atoms with Crippen molar-refractivity contribution in [1.82, 2.24) is 5.32 Å². The predicted octanol–water partition coefficient (Wildman–Crippen LogP) is 2.11. The fourth-order valence-corrected chi connectivity index (χ4v) is 0.961. The molecule has 0 fully saturated rings. The smallest absolute Gasteiger partial charge is 0.243 e. The van der Waals surface area contributed by atoms with Gasteiger partial charge in [0.25, 0.3) is 0 Å². The van der Waals surface area contributed by atoms with Gasteiger partial charge in [-0.05, 0) is 18.4 Å². The van der Waals surface area contributed by atoms with Gasteiger partial charge in [0.1, 0.15) is 0 Å². The van der Waals surface area contributed by atoms with Crippen molar-refractivity contribution in [2.45, 2.75) is 33.1 Å². The van der Waals surface area contributed by atoms with Crippen LogP contribution in [0, 0.1) is 5.92 Å². The van der Waals surface area contributed by atoms with Gasteiger partial charge in [-0.3, -0.25) is 4.79 Å². The molecule has 0 atom stereocenters. The van der Waals surface area contributed by atoms with E-state index in [-0.39, 0.29) is 5.91 Å². The number of nitrogens with one attached hydrogen (secondary N) is 1. The van der Waals surface area contributed by atoms with E-state index >= 15 is 0 Å². The average Bonchev–Trinajstić information content (AvgIpc) is 2.03. The van der Waals surface area contributed by atoms with E-state index in [0.717, 1.165) is 18.9 Å². The summed E-state index contributed by atoms with van der Waals surface area (Å²) in [4.78, 5) is 10.7. The number of hydrogen-bond acceptors (Lipinski definition) is 1. The summed E-state index contributed by atoms with van der Waals surface area (Å²) < 4.78 is 0. The number of amides is 1. The molecule has 12 heavy (non-hydrogen) atoms. The Morgan fingerprint density at radius 1 is 1.50 bits per heavy atom. The van der Waals surface area contributed by atoms with Gasteiger partial charge in [-0.2, -0.15) is 0 Å². The Bertz CT molecular complexity index is 141. The lowest BCUT2D eigenvalue weighted by atomic mass is 10.1. The summed E-state index contributed by atoms with van der Waals surface area (Å²) in [6.07, 6.45) is 4.80. The second-order valence-corrected chi connectivity index (χ2v) is 3.38. The van der Waals surface area contributed by atoms with Gasteiger partial charge in [0.15, 0.2) is 0 Å². The third-order valence-corrected chi connectivity index (χ3v) is 1.69. The van der Waals surface area contributed by atoms with Crippen LogP contribution >= 0.6 is 0 Å². The van der Waals surface area contributed by atoms with Gasteiger partial charge in [-0.25, -0.2) is 0 Å². The molecule has 2 heteroatoms. The number of carbonyl (C=O) groups excluding carboxylic acids is 1. The molecule has 1 N–H and O–H groups in total. The molecule has 0 aliphatic heterocycles. The molecule has 0 heterocycles. The van der Waals surface area contributed by atoms with E-state index in [0.29, 0.717) is 0 Å². The van der Waals surface area contributed by atoms with Gasteiger partial charge in [0.2, 0.25) is 5.91 Å². The van der Waals surface area contributed by atoms with Crippen molar-refractivity contribution in [3.63, 3.8) is 0 Å². The minimum atomic E-state index is -0.0699. The molecule has 1 amide bonds. The van der Waals surface area contributed by atoms with Crippen LogP contribution in [0.1, 0.15) is 33.1 Å². The molecule has 0 radical (unpaired) electrons. The molecule has 2 nitrogen and oxygen atoms in total. The van der Waals surface area contributed by atoms with Crippen molar-refractivity contribution in [3.8, 4) is 0 Å². The molecule has 0 bridgehead atoms. The highest BCUT2D eigenvalue weighted by atomic mass is 16.1. The highest BCUT2D eigenvalue weighted by Crippen LogP contribution is 2.04. The van der Waals surface area contributed by atoms with Gasteiger partial charge in [0, 0.05) is 6.54 Å². The Labute approximate surface area is 75.0 Å². The summed E-state index contributed by atoms with van der Waals surface area (Å²) in [5, 5.41) is 2.75. The van der Waals surface area contributed by atoms with Gasteiger partial charge in [-0.15, -0.1) is 0 Å². The first-order chi connectivity index (χ1) is 5.66. The lowest BCUT2D eigenvalue weighted by Crippen LogP contribution is -2.21. The summed E-state index contributed by atoms with van der Waals surface area (Å²) in [5.74, 6) is 0.694. The van der Waals surface area contributed by atoms with Crippen LogP contribution in [-0.2, 0) is 4.79 Å². The summed E-state index contributed by atoms with van der Waals surface area (Å²) in [5.41, 5.74) is 0. The zero-order chi connectivity index (χ0) is 9.40. The van der Waals surface area contributed by atoms with Crippen LogP contribution in [0.5, 0.6) is 0 Å². The van der Waals surface area contributed by atoms with Crippen molar-refractivity contribution in [1.29, 1.82) is 0 Å². The molecule has 0 aromatic heterocycles. The normalized spacial score (nSPS) is 9.92. The molecule has 0 saturated carbocycles. The van der Waals surface area contributed by atoms with Crippen molar-refractivity contribution in [2.75, 3.05) is 6.54 Å². The fourth-order valence-electron chi connectivity index (χ4n) is 0.961. The highest BCUT2D eigenvalue weighted by Gasteiger charge is 1.95. The van der Waals surface area contributed by atoms with Crippen LogP contribution in [0.2, 0.25) is 0 Å². The Balaban J connectivity index is 3.11. The molecule has 0 aliphatic rings. The zero-order valence-electron chi connectivity index (χ0n) is 8.10. The van der Waals surface area contributed by atoms with Crippen LogP contribution in [0.25, 0.3) is 0 Å². The van der Waals surface area contributed by atoms with Gasteiger partial charge in [0.05, 0.1) is 0 Å². The minimum absolute atomic E-state index is 0.0699. The number of unbranched alkanes of at least 4 members (excludes halogenated alkanes) is 1. The molecule has 0 aromatic carbocycles. The van der Waals surface area contributed by atoms with Crippen LogP contribution in [0.4, 0.5) is 0 Å². The van der Waals surface area contributed by atoms with E-state index in [1.807, 2.05) is 0 Å².